The van der Waals surface area contributed by atoms with Gasteiger partial charge in [-0.1, -0.05) is 0 Å². The second-order valence-corrected chi connectivity index (χ2v) is 6.95. The Kier molecular flexibility index (Phi) is 8.32. The van der Waals surface area contributed by atoms with Crippen LogP contribution in [0.5, 0.6) is 0 Å². The average Bonchev–Trinajstić information content (AvgIpc) is 2.66. The average molecular weight is 377 g/mol. The van der Waals surface area contributed by atoms with Crippen molar-refractivity contribution in [1.29, 1.82) is 0 Å². The number of ether oxygens (including phenoxy) is 1. The van der Waals surface area contributed by atoms with Crippen LogP contribution in [0.25, 0.3) is 0 Å². The molecule has 2 heterocycles. The normalized spacial score (nSPS) is 14.9. The molecule has 1 aromatic rings. The summed E-state index contributed by atoms with van der Waals surface area (Å²) in [5, 5.41) is 6.28. The van der Waals surface area contributed by atoms with Crippen molar-refractivity contribution in [3.05, 3.63) is 23.9 Å². The molecule has 1 aliphatic heterocycles. The number of rotatable bonds is 8. The Hall–Kier alpha value is -2.35. The van der Waals surface area contributed by atoms with E-state index in [0.29, 0.717) is 25.3 Å². The lowest BCUT2D eigenvalue weighted by Gasteiger charge is -2.31. The Morgan fingerprint density at radius 1 is 1.30 bits per heavy atom. The molecule has 1 aromatic heterocycles. The van der Waals surface area contributed by atoms with E-state index >= 15 is 0 Å². The van der Waals surface area contributed by atoms with Crippen LogP contribution in [0.3, 0.4) is 0 Å². The van der Waals surface area contributed by atoms with Crippen LogP contribution in [0.15, 0.2) is 18.3 Å². The summed E-state index contributed by atoms with van der Waals surface area (Å²) in [7, 11) is 4.10. The molecule has 8 nitrogen and oxygen atoms in total. The van der Waals surface area contributed by atoms with E-state index in [1.165, 1.54) is 0 Å². The predicted molar refractivity (Wildman–Crippen MR) is 105 cm³/mol. The van der Waals surface area contributed by atoms with Gasteiger partial charge in [0.25, 0.3) is 5.91 Å². The maximum atomic E-state index is 12.4. The maximum absolute atomic E-state index is 12.4. The first kappa shape index (κ1) is 21.0. The Labute approximate surface area is 161 Å². The first-order valence-corrected chi connectivity index (χ1v) is 9.56. The highest BCUT2D eigenvalue weighted by Gasteiger charge is 2.24. The molecule has 8 heteroatoms. The molecule has 2 rings (SSSR count). The lowest BCUT2D eigenvalue weighted by molar-refractivity contribution is 0.0860. The number of hydrogen-bond acceptors (Lipinski definition) is 6. The van der Waals surface area contributed by atoms with Gasteiger partial charge in [-0.25, -0.2) is 9.78 Å². The number of piperidine rings is 1. The summed E-state index contributed by atoms with van der Waals surface area (Å²) in [6, 6.07) is 3.67. The number of pyridine rings is 1. The van der Waals surface area contributed by atoms with Gasteiger partial charge in [-0.15, -0.1) is 0 Å². The molecule has 0 aromatic carbocycles. The van der Waals surface area contributed by atoms with Gasteiger partial charge in [0.15, 0.2) is 0 Å². The van der Waals surface area contributed by atoms with E-state index in [-0.39, 0.29) is 18.0 Å². The first-order chi connectivity index (χ1) is 13.0. The molecule has 0 aliphatic carbocycles. The fourth-order valence-corrected chi connectivity index (χ4v) is 2.93. The maximum Gasteiger partial charge on any atom is 0.409 e. The second-order valence-electron chi connectivity index (χ2n) is 6.95. The lowest BCUT2D eigenvalue weighted by Crippen LogP contribution is -2.46. The molecule has 0 spiro atoms. The Morgan fingerprint density at radius 3 is 2.63 bits per heavy atom. The topological polar surface area (TPSA) is 86.8 Å². The molecule has 150 valence electrons. The van der Waals surface area contributed by atoms with E-state index in [4.69, 9.17) is 4.74 Å². The number of amides is 2. The molecule has 2 N–H and O–H groups in total. The fourth-order valence-electron chi connectivity index (χ4n) is 2.93. The van der Waals surface area contributed by atoms with Gasteiger partial charge in [-0.3, -0.25) is 4.79 Å². The largest absolute Gasteiger partial charge is 0.450 e. The molecule has 0 radical (unpaired) electrons. The third-order valence-corrected chi connectivity index (χ3v) is 4.47. The van der Waals surface area contributed by atoms with Gasteiger partial charge in [0, 0.05) is 31.9 Å². The molecule has 1 fully saturated rings. The van der Waals surface area contributed by atoms with Crippen LogP contribution in [0.1, 0.15) is 36.5 Å². The third kappa shape index (κ3) is 7.05. The molecule has 0 atom stereocenters. The molecular weight excluding hydrogens is 346 g/mol. The molecular formula is C19H31N5O3. The minimum absolute atomic E-state index is 0.0620. The van der Waals surface area contributed by atoms with Gasteiger partial charge in [0.05, 0.1) is 12.2 Å². The van der Waals surface area contributed by atoms with E-state index in [1.54, 1.807) is 24.1 Å². The van der Waals surface area contributed by atoms with Crippen molar-refractivity contribution in [2.75, 3.05) is 52.2 Å². The van der Waals surface area contributed by atoms with Crippen molar-refractivity contribution in [2.24, 2.45) is 0 Å². The van der Waals surface area contributed by atoms with Crippen molar-refractivity contribution >= 4 is 17.8 Å². The van der Waals surface area contributed by atoms with E-state index in [1.807, 2.05) is 20.2 Å². The zero-order chi connectivity index (χ0) is 19.6. The van der Waals surface area contributed by atoms with Crippen LogP contribution >= 0.6 is 0 Å². The van der Waals surface area contributed by atoms with Gasteiger partial charge in [0.2, 0.25) is 0 Å². The fraction of sp³-hybridized carbons (Fsp3) is 0.632. The first-order valence-electron chi connectivity index (χ1n) is 9.56. The molecule has 1 aliphatic rings. The van der Waals surface area contributed by atoms with Crippen molar-refractivity contribution < 1.29 is 14.3 Å². The minimum atomic E-state index is -0.278. The summed E-state index contributed by atoms with van der Waals surface area (Å²) in [6.07, 6.45) is 3.80. The van der Waals surface area contributed by atoms with Gasteiger partial charge < -0.3 is 25.2 Å². The summed E-state index contributed by atoms with van der Waals surface area (Å²) < 4.78 is 5.01. The van der Waals surface area contributed by atoms with Gasteiger partial charge in [-0.05, 0) is 59.0 Å². The highest BCUT2D eigenvalue weighted by atomic mass is 16.6. The summed E-state index contributed by atoms with van der Waals surface area (Å²) >= 11 is 0. The van der Waals surface area contributed by atoms with E-state index in [0.717, 1.165) is 38.2 Å². The third-order valence-electron chi connectivity index (χ3n) is 4.47. The number of carbonyl (C=O) groups is 2. The zero-order valence-corrected chi connectivity index (χ0v) is 16.5. The Bertz CT molecular complexity index is 598. The molecule has 0 saturated carbocycles. The van der Waals surface area contributed by atoms with Crippen LogP contribution < -0.4 is 10.6 Å². The SMILES string of the molecule is CCOC(=O)N1CCC(NC(=O)c2ccc(NCCCN(C)C)nc2)CC1. The van der Waals surface area contributed by atoms with Gasteiger partial charge in [-0.2, -0.15) is 0 Å². The molecule has 27 heavy (non-hydrogen) atoms. The van der Waals surface area contributed by atoms with Gasteiger partial charge >= 0.3 is 6.09 Å². The molecule has 1 saturated heterocycles. The van der Waals surface area contributed by atoms with Crippen LogP contribution in [0, 0.1) is 0 Å². The number of anilines is 1. The summed E-state index contributed by atoms with van der Waals surface area (Å²) in [4.78, 5) is 32.2. The minimum Gasteiger partial charge on any atom is -0.450 e. The van der Waals surface area contributed by atoms with Crippen LogP contribution in [0.4, 0.5) is 10.6 Å². The van der Waals surface area contributed by atoms with Gasteiger partial charge in [0.1, 0.15) is 5.82 Å². The number of aromatic nitrogens is 1. The highest BCUT2D eigenvalue weighted by Crippen LogP contribution is 2.13. The number of carbonyl (C=O) groups excluding carboxylic acids is 2. The van der Waals surface area contributed by atoms with Crippen LogP contribution in [-0.4, -0.2) is 79.7 Å². The van der Waals surface area contributed by atoms with E-state index < -0.39 is 0 Å². The quantitative estimate of drug-likeness (QED) is 0.672. The molecule has 0 unspecified atom stereocenters. The Balaban J connectivity index is 1.74. The number of nitrogens with one attached hydrogen (secondary N) is 2. The number of nitrogens with zero attached hydrogens (tertiary/aromatic N) is 3. The lowest BCUT2D eigenvalue weighted by atomic mass is 10.0. The predicted octanol–water partition coefficient (Wildman–Crippen LogP) is 1.80. The van der Waals surface area contributed by atoms with Crippen molar-refractivity contribution in [2.45, 2.75) is 32.2 Å². The summed E-state index contributed by atoms with van der Waals surface area (Å²) in [6.45, 7) is 5.22. The molecule has 0 bridgehead atoms. The Morgan fingerprint density at radius 2 is 2.04 bits per heavy atom. The molecule has 2 amide bonds. The standard InChI is InChI=1S/C19H31N5O3/c1-4-27-19(26)24-12-8-16(9-13-24)22-18(25)15-6-7-17(21-14-15)20-10-5-11-23(2)3/h6-7,14,16H,4-5,8-13H2,1-3H3,(H,20,21)(H,22,25). The van der Waals surface area contributed by atoms with Crippen molar-refractivity contribution in [3.8, 4) is 0 Å². The van der Waals surface area contributed by atoms with E-state index in [9.17, 15) is 9.59 Å². The zero-order valence-electron chi connectivity index (χ0n) is 16.5. The monoisotopic (exact) mass is 377 g/mol. The van der Waals surface area contributed by atoms with Crippen molar-refractivity contribution in [1.82, 2.24) is 20.1 Å². The van der Waals surface area contributed by atoms with E-state index in [2.05, 4.69) is 20.5 Å². The summed E-state index contributed by atoms with van der Waals surface area (Å²) in [5.41, 5.74) is 0.543. The van der Waals surface area contributed by atoms with Crippen LogP contribution in [-0.2, 0) is 4.74 Å². The number of hydrogen-bond donors (Lipinski definition) is 2. The van der Waals surface area contributed by atoms with Crippen LogP contribution in [0.2, 0.25) is 0 Å². The second kappa shape index (κ2) is 10.7. The highest BCUT2D eigenvalue weighted by molar-refractivity contribution is 5.94. The number of likely N-dealkylation sites (tertiary alicyclic amines) is 1. The van der Waals surface area contributed by atoms with Crippen molar-refractivity contribution in [3.63, 3.8) is 0 Å². The summed E-state index contributed by atoms with van der Waals surface area (Å²) in [5.74, 6) is 0.643. The smallest absolute Gasteiger partial charge is 0.409 e.